The second kappa shape index (κ2) is 10.0. The molecule has 2 aromatic carbocycles. The van der Waals surface area contributed by atoms with Crippen molar-refractivity contribution in [1.82, 2.24) is 0 Å². The Balaban J connectivity index is 1.47. The molecule has 0 bridgehead atoms. The van der Waals surface area contributed by atoms with Crippen molar-refractivity contribution in [3.05, 3.63) is 47.5 Å². The highest BCUT2D eigenvalue weighted by Crippen LogP contribution is 2.32. The first-order valence-electron chi connectivity index (χ1n) is 10.9. The zero-order valence-electron chi connectivity index (χ0n) is 18.4. The first-order valence-corrected chi connectivity index (χ1v) is 10.9. The number of hydrogen-bond donors (Lipinski definition) is 1. The van der Waals surface area contributed by atoms with Crippen molar-refractivity contribution in [2.45, 2.75) is 13.8 Å². The van der Waals surface area contributed by atoms with Gasteiger partial charge in [0, 0.05) is 31.9 Å². The summed E-state index contributed by atoms with van der Waals surface area (Å²) in [7, 11) is 0. The van der Waals surface area contributed by atoms with E-state index in [9.17, 15) is 4.79 Å². The summed E-state index contributed by atoms with van der Waals surface area (Å²) in [5, 5.41) is 3.04. The zero-order chi connectivity index (χ0) is 21.6. The highest BCUT2D eigenvalue weighted by atomic mass is 16.5. The summed E-state index contributed by atoms with van der Waals surface area (Å²) < 4.78 is 16.7. The standard InChI is InChI=1S/C24H31N3O4/c1-18-3-5-21(15-19(18)2)31-17-24(28)25-22-6-4-20(26-7-11-29-12-8-26)16-23(22)27-9-13-30-14-10-27/h3-6,15-16H,7-14,17H2,1-2H3,(H,25,28). The molecule has 2 aliphatic heterocycles. The third-order valence-corrected chi connectivity index (χ3v) is 5.83. The third-order valence-electron chi connectivity index (χ3n) is 5.83. The fraction of sp³-hybridized carbons (Fsp3) is 0.458. The number of carbonyl (C=O) groups is 1. The normalized spacial score (nSPS) is 16.8. The van der Waals surface area contributed by atoms with E-state index in [0.717, 1.165) is 62.0 Å². The number of amides is 1. The summed E-state index contributed by atoms with van der Waals surface area (Å²) in [4.78, 5) is 17.2. The lowest BCUT2D eigenvalue weighted by atomic mass is 10.1. The number of nitrogens with zero attached hydrogens (tertiary/aromatic N) is 2. The molecule has 0 radical (unpaired) electrons. The van der Waals surface area contributed by atoms with Crippen molar-refractivity contribution < 1.29 is 19.0 Å². The molecule has 166 valence electrons. The van der Waals surface area contributed by atoms with Gasteiger partial charge in [-0.2, -0.15) is 0 Å². The molecular weight excluding hydrogens is 394 g/mol. The Labute approximate surface area is 183 Å². The summed E-state index contributed by atoms with van der Waals surface area (Å²) >= 11 is 0. The van der Waals surface area contributed by atoms with E-state index in [1.54, 1.807) is 0 Å². The van der Waals surface area contributed by atoms with Gasteiger partial charge in [-0.15, -0.1) is 0 Å². The quantitative estimate of drug-likeness (QED) is 0.768. The third kappa shape index (κ3) is 5.48. The fourth-order valence-electron chi connectivity index (χ4n) is 3.85. The molecule has 2 heterocycles. The maximum absolute atomic E-state index is 12.7. The average Bonchev–Trinajstić information content (AvgIpc) is 2.81. The van der Waals surface area contributed by atoms with Crippen LogP contribution in [0.25, 0.3) is 0 Å². The number of carbonyl (C=O) groups excluding carboxylic acids is 1. The number of aryl methyl sites for hydroxylation is 2. The summed E-state index contributed by atoms with van der Waals surface area (Å²) in [5.41, 5.74) is 5.31. The van der Waals surface area contributed by atoms with E-state index in [1.165, 1.54) is 5.56 Å². The molecule has 0 saturated carbocycles. The second-order valence-corrected chi connectivity index (χ2v) is 7.98. The molecule has 2 aliphatic rings. The Kier molecular flexibility index (Phi) is 6.94. The van der Waals surface area contributed by atoms with Crippen molar-refractivity contribution in [2.24, 2.45) is 0 Å². The molecule has 4 rings (SSSR count). The van der Waals surface area contributed by atoms with E-state index >= 15 is 0 Å². The molecule has 7 nitrogen and oxygen atoms in total. The van der Waals surface area contributed by atoms with Crippen LogP contribution in [0.4, 0.5) is 17.1 Å². The number of nitrogens with one attached hydrogen (secondary N) is 1. The predicted molar refractivity (Wildman–Crippen MR) is 123 cm³/mol. The molecule has 0 aromatic heterocycles. The average molecular weight is 426 g/mol. The number of morpholine rings is 2. The van der Waals surface area contributed by atoms with Gasteiger partial charge in [0.1, 0.15) is 5.75 Å². The monoisotopic (exact) mass is 425 g/mol. The highest BCUT2D eigenvalue weighted by molar-refractivity contribution is 5.96. The van der Waals surface area contributed by atoms with Crippen molar-refractivity contribution in [3.8, 4) is 5.75 Å². The first kappa shape index (κ1) is 21.5. The van der Waals surface area contributed by atoms with Gasteiger partial charge >= 0.3 is 0 Å². The van der Waals surface area contributed by atoms with Crippen LogP contribution in [0.5, 0.6) is 5.75 Å². The van der Waals surface area contributed by atoms with Crippen LogP contribution in [0.2, 0.25) is 0 Å². The molecule has 1 N–H and O–H groups in total. The summed E-state index contributed by atoms with van der Waals surface area (Å²) in [6.45, 7) is 10.3. The van der Waals surface area contributed by atoms with Crippen LogP contribution in [-0.2, 0) is 14.3 Å². The minimum atomic E-state index is -0.174. The van der Waals surface area contributed by atoms with Gasteiger partial charge in [-0.05, 0) is 55.3 Å². The van der Waals surface area contributed by atoms with E-state index in [-0.39, 0.29) is 12.5 Å². The Morgan fingerprint density at radius 1 is 0.903 bits per heavy atom. The molecule has 0 spiro atoms. The van der Waals surface area contributed by atoms with Crippen molar-refractivity contribution in [1.29, 1.82) is 0 Å². The first-order chi connectivity index (χ1) is 15.1. The zero-order valence-corrected chi connectivity index (χ0v) is 18.4. The lowest BCUT2D eigenvalue weighted by Gasteiger charge is -2.33. The molecule has 1 amide bonds. The predicted octanol–water partition coefficient (Wildman–Crippen LogP) is 2.99. The van der Waals surface area contributed by atoms with Crippen LogP contribution in [0.1, 0.15) is 11.1 Å². The van der Waals surface area contributed by atoms with Crippen LogP contribution in [0.3, 0.4) is 0 Å². The highest BCUT2D eigenvalue weighted by Gasteiger charge is 2.19. The van der Waals surface area contributed by atoms with Crippen LogP contribution in [0, 0.1) is 13.8 Å². The van der Waals surface area contributed by atoms with Gasteiger partial charge < -0.3 is 29.3 Å². The second-order valence-electron chi connectivity index (χ2n) is 7.98. The molecule has 2 saturated heterocycles. The van der Waals surface area contributed by atoms with Gasteiger partial charge in [-0.1, -0.05) is 6.07 Å². The molecule has 2 fully saturated rings. The van der Waals surface area contributed by atoms with Crippen LogP contribution < -0.4 is 19.9 Å². The smallest absolute Gasteiger partial charge is 0.262 e. The Morgan fingerprint density at radius 2 is 1.58 bits per heavy atom. The van der Waals surface area contributed by atoms with Crippen LogP contribution >= 0.6 is 0 Å². The molecule has 0 aliphatic carbocycles. The SMILES string of the molecule is Cc1ccc(OCC(=O)Nc2ccc(N3CCOCC3)cc2N2CCOCC2)cc1C. The molecular formula is C24H31N3O4. The molecule has 0 unspecified atom stereocenters. The van der Waals surface area contributed by atoms with Crippen molar-refractivity contribution >= 4 is 23.0 Å². The Hall–Kier alpha value is -2.77. The topological polar surface area (TPSA) is 63.3 Å². The van der Waals surface area contributed by atoms with E-state index in [1.807, 2.05) is 31.2 Å². The van der Waals surface area contributed by atoms with Crippen LogP contribution in [0.15, 0.2) is 36.4 Å². The van der Waals surface area contributed by atoms with E-state index in [0.29, 0.717) is 19.0 Å². The number of anilines is 3. The van der Waals surface area contributed by atoms with Gasteiger partial charge in [0.25, 0.3) is 5.91 Å². The molecule has 0 atom stereocenters. The van der Waals surface area contributed by atoms with E-state index in [4.69, 9.17) is 14.2 Å². The Bertz CT molecular complexity index is 906. The number of hydrogen-bond acceptors (Lipinski definition) is 6. The van der Waals surface area contributed by atoms with Crippen LogP contribution in [-0.4, -0.2) is 65.1 Å². The van der Waals surface area contributed by atoms with Gasteiger partial charge in [-0.25, -0.2) is 0 Å². The largest absolute Gasteiger partial charge is 0.484 e. The van der Waals surface area contributed by atoms with Gasteiger partial charge in [0.2, 0.25) is 0 Å². The summed E-state index contributed by atoms with van der Waals surface area (Å²) in [6, 6.07) is 12.1. The summed E-state index contributed by atoms with van der Waals surface area (Å²) in [5.74, 6) is 0.529. The molecule has 2 aromatic rings. The lowest BCUT2D eigenvalue weighted by molar-refractivity contribution is -0.118. The van der Waals surface area contributed by atoms with Crippen molar-refractivity contribution in [2.75, 3.05) is 74.3 Å². The van der Waals surface area contributed by atoms with Gasteiger partial charge in [-0.3, -0.25) is 4.79 Å². The summed E-state index contributed by atoms with van der Waals surface area (Å²) in [6.07, 6.45) is 0. The number of rotatable bonds is 6. The number of ether oxygens (including phenoxy) is 3. The minimum Gasteiger partial charge on any atom is -0.484 e. The maximum Gasteiger partial charge on any atom is 0.262 e. The van der Waals surface area contributed by atoms with Crippen molar-refractivity contribution in [3.63, 3.8) is 0 Å². The lowest BCUT2D eigenvalue weighted by Crippen LogP contribution is -2.38. The van der Waals surface area contributed by atoms with Gasteiger partial charge in [0.05, 0.1) is 37.8 Å². The molecule has 7 heteroatoms. The molecule has 31 heavy (non-hydrogen) atoms. The Morgan fingerprint density at radius 3 is 2.26 bits per heavy atom. The van der Waals surface area contributed by atoms with E-state index in [2.05, 4.69) is 34.2 Å². The van der Waals surface area contributed by atoms with Gasteiger partial charge in [0.15, 0.2) is 6.61 Å². The number of benzene rings is 2. The van der Waals surface area contributed by atoms with E-state index < -0.39 is 0 Å². The fourth-order valence-corrected chi connectivity index (χ4v) is 3.85. The minimum absolute atomic E-state index is 0.0315. The maximum atomic E-state index is 12.7.